The van der Waals surface area contributed by atoms with E-state index in [1.165, 1.54) is 17.0 Å². The van der Waals surface area contributed by atoms with Crippen molar-refractivity contribution in [2.75, 3.05) is 6.54 Å². The number of aryl methyl sites for hydroxylation is 1. The molecule has 0 saturated carbocycles. The van der Waals surface area contributed by atoms with E-state index in [9.17, 15) is 0 Å². The molecule has 2 rings (SSSR count). The number of nitrogens with zero attached hydrogens (tertiary/aromatic N) is 2. The first-order valence-electron chi connectivity index (χ1n) is 5.79. The van der Waals surface area contributed by atoms with Crippen LogP contribution in [0.2, 0.25) is 0 Å². The van der Waals surface area contributed by atoms with E-state index in [1.54, 1.807) is 0 Å². The summed E-state index contributed by atoms with van der Waals surface area (Å²) in [5.41, 5.74) is 3.75. The molecule has 1 aromatic rings. The molecule has 0 aliphatic carbocycles. The highest BCUT2D eigenvalue weighted by Gasteiger charge is 2.16. The van der Waals surface area contributed by atoms with Crippen LogP contribution in [-0.2, 0) is 13.0 Å². The first kappa shape index (κ1) is 10.6. The van der Waals surface area contributed by atoms with E-state index >= 15 is 0 Å². The lowest BCUT2D eigenvalue weighted by Gasteiger charge is -2.20. The molecular formula is C12H19N3. The SMILES string of the molecule is CCC(C)c1nc(C)c2c(n1)CNCC2. The summed E-state index contributed by atoms with van der Waals surface area (Å²) in [5, 5.41) is 3.36. The Morgan fingerprint density at radius 1 is 1.40 bits per heavy atom. The molecule has 1 N–H and O–H groups in total. The Balaban J connectivity index is 2.40. The Hall–Kier alpha value is -0.960. The van der Waals surface area contributed by atoms with Gasteiger partial charge in [-0.2, -0.15) is 0 Å². The summed E-state index contributed by atoms with van der Waals surface area (Å²) in [5.74, 6) is 1.48. The molecule has 0 amide bonds. The molecular weight excluding hydrogens is 186 g/mol. The van der Waals surface area contributed by atoms with Gasteiger partial charge in [0, 0.05) is 18.2 Å². The van der Waals surface area contributed by atoms with Crippen molar-refractivity contribution in [3.63, 3.8) is 0 Å². The van der Waals surface area contributed by atoms with E-state index in [0.717, 1.165) is 31.8 Å². The van der Waals surface area contributed by atoms with Crippen molar-refractivity contribution in [2.45, 2.75) is 46.1 Å². The third-order valence-corrected chi connectivity index (χ3v) is 3.21. The maximum absolute atomic E-state index is 4.67. The summed E-state index contributed by atoms with van der Waals surface area (Å²) in [6.07, 6.45) is 2.17. The predicted molar refractivity (Wildman–Crippen MR) is 60.9 cm³/mol. The highest BCUT2D eigenvalue weighted by Crippen LogP contribution is 2.20. The Morgan fingerprint density at radius 3 is 2.93 bits per heavy atom. The average Bonchev–Trinajstić information content (AvgIpc) is 2.28. The van der Waals surface area contributed by atoms with Crippen molar-refractivity contribution in [1.29, 1.82) is 0 Å². The van der Waals surface area contributed by atoms with Gasteiger partial charge in [0.25, 0.3) is 0 Å². The van der Waals surface area contributed by atoms with Gasteiger partial charge in [-0.05, 0) is 31.9 Å². The molecule has 0 saturated heterocycles. The first-order chi connectivity index (χ1) is 7.22. The van der Waals surface area contributed by atoms with Crippen molar-refractivity contribution in [2.24, 2.45) is 0 Å². The summed E-state index contributed by atoms with van der Waals surface area (Å²) >= 11 is 0. The van der Waals surface area contributed by atoms with E-state index in [4.69, 9.17) is 0 Å². The summed E-state index contributed by atoms with van der Waals surface area (Å²) in [4.78, 5) is 9.29. The second kappa shape index (κ2) is 4.27. The van der Waals surface area contributed by atoms with Crippen LogP contribution in [0.25, 0.3) is 0 Å². The second-order valence-corrected chi connectivity index (χ2v) is 4.33. The summed E-state index contributed by atoms with van der Waals surface area (Å²) in [6, 6.07) is 0. The molecule has 1 aliphatic rings. The topological polar surface area (TPSA) is 37.8 Å². The van der Waals surface area contributed by atoms with Crippen molar-refractivity contribution < 1.29 is 0 Å². The molecule has 15 heavy (non-hydrogen) atoms. The average molecular weight is 205 g/mol. The van der Waals surface area contributed by atoms with Gasteiger partial charge in [-0.25, -0.2) is 9.97 Å². The smallest absolute Gasteiger partial charge is 0.131 e. The van der Waals surface area contributed by atoms with Crippen LogP contribution in [-0.4, -0.2) is 16.5 Å². The minimum Gasteiger partial charge on any atom is -0.311 e. The van der Waals surface area contributed by atoms with Crippen LogP contribution in [0.4, 0.5) is 0 Å². The van der Waals surface area contributed by atoms with Gasteiger partial charge in [0.2, 0.25) is 0 Å². The number of hydrogen-bond acceptors (Lipinski definition) is 3. The van der Waals surface area contributed by atoms with E-state index in [1.807, 2.05) is 0 Å². The number of nitrogens with one attached hydrogen (secondary N) is 1. The molecule has 3 heteroatoms. The molecule has 3 nitrogen and oxygen atoms in total. The number of fused-ring (bicyclic) bond motifs is 1. The lowest BCUT2D eigenvalue weighted by molar-refractivity contribution is 0.594. The van der Waals surface area contributed by atoms with Crippen molar-refractivity contribution >= 4 is 0 Å². The van der Waals surface area contributed by atoms with E-state index < -0.39 is 0 Å². The number of aromatic nitrogens is 2. The van der Waals surface area contributed by atoms with Gasteiger partial charge in [-0.15, -0.1) is 0 Å². The number of hydrogen-bond donors (Lipinski definition) is 1. The lowest BCUT2D eigenvalue weighted by atomic mass is 10.0. The third-order valence-electron chi connectivity index (χ3n) is 3.21. The quantitative estimate of drug-likeness (QED) is 0.802. The molecule has 0 aromatic carbocycles. The molecule has 1 atom stereocenters. The lowest BCUT2D eigenvalue weighted by Crippen LogP contribution is -2.26. The van der Waals surface area contributed by atoms with Gasteiger partial charge in [-0.3, -0.25) is 0 Å². The fourth-order valence-corrected chi connectivity index (χ4v) is 1.97. The van der Waals surface area contributed by atoms with Gasteiger partial charge >= 0.3 is 0 Å². The summed E-state index contributed by atoms with van der Waals surface area (Å²) < 4.78 is 0. The Morgan fingerprint density at radius 2 is 2.20 bits per heavy atom. The molecule has 2 heterocycles. The Labute approximate surface area is 91.3 Å². The van der Waals surface area contributed by atoms with Gasteiger partial charge in [-0.1, -0.05) is 13.8 Å². The molecule has 1 aromatic heterocycles. The highest BCUT2D eigenvalue weighted by atomic mass is 15.0. The molecule has 1 unspecified atom stereocenters. The zero-order valence-corrected chi connectivity index (χ0v) is 9.80. The highest BCUT2D eigenvalue weighted by molar-refractivity contribution is 5.28. The van der Waals surface area contributed by atoms with Crippen molar-refractivity contribution in [1.82, 2.24) is 15.3 Å². The Kier molecular flexibility index (Phi) is 3.00. The largest absolute Gasteiger partial charge is 0.311 e. The maximum atomic E-state index is 4.67. The predicted octanol–water partition coefficient (Wildman–Crippen LogP) is 1.94. The monoisotopic (exact) mass is 205 g/mol. The van der Waals surface area contributed by atoms with Crippen LogP contribution in [0.5, 0.6) is 0 Å². The van der Waals surface area contributed by atoms with Gasteiger partial charge in [0.1, 0.15) is 5.82 Å². The van der Waals surface area contributed by atoms with E-state index in [-0.39, 0.29) is 0 Å². The minimum absolute atomic E-state index is 0.468. The minimum atomic E-state index is 0.468. The first-order valence-corrected chi connectivity index (χ1v) is 5.79. The zero-order chi connectivity index (χ0) is 10.8. The number of rotatable bonds is 2. The maximum Gasteiger partial charge on any atom is 0.131 e. The van der Waals surface area contributed by atoms with E-state index in [2.05, 4.69) is 36.1 Å². The second-order valence-electron chi connectivity index (χ2n) is 4.33. The normalized spacial score (nSPS) is 17.3. The van der Waals surface area contributed by atoms with Gasteiger partial charge in [0.15, 0.2) is 0 Å². The Bertz CT molecular complexity index is 360. The third kappa shape index (κ3) is 2.02. The molecule has 0 spiro atoms. The molecule has 82 valence electrons. The van der Waals surface area contributed by atoms with Crippen LogP contribution in [0.3, 0.4) is 0 Å². The van der Waals surface area contributed by atoms with Crippen LogP contribution < -0.4 is 5.32 Å². The molecule has 0 bridgehead atoms. The summed E-state index contributed by atoms with van der Waals surface area (Å²) in [6.45, 7) is 8.44. The molecule has 0 radical (unpaired) electrons. The fourth-order valence-electron chi connectivity index (χ4n) is 1.97. The van der Waals surface area contributed by atoms with Crippen LogP contribution in [0.15, 0.2) is 0 Å². The van der Waals surface area contributed by atoms with E-state index in [0.29, 0.717) is 5.92 Å². The standard InChI is InChI=1S/C12H19N3/c1-4-8(2)12-14-9(3)10-5-6-13-7-11(10)15-12/h8,13H,4-7H2,1-3H3. The van der Waals surface area contributed by atoms with Gasteiger partial charge in [0.05, 0.1) is 5.69 Å². The van der Waals surface area contributed by atoms with Crippen LogP contribution in [0, 0.1) is 6.92 Å². The van der Waals surface area contributed by atoms with Crippen molar-refractivity contribution in [3.05, 3.63) is 22.8 Å². The molecule has 0 fully saturated rings. The molecule has 1 aliphatic heterocycles. The van der Waals surface area contributed by atoms with Gasteiger partial charge < -0.3 is 5.32 Å². The summed E-state index contributed by atoms with van der Waals surface area (Å²) in [7, 11) is 0. The van der Waals surface area contributed by atoms with Crippen LogP contribution in [0.1, 0.15) is 49.0 Å². The van der Waals surface area contributed by atoms with Crippen LogP contribution >= 0.6 is 0 Å². The zero-order valence-electron chi connectivity index (χ0n) is 9.80. The van der Waals surface area contributed by atoms with Crippen molar-refractivity contribution in [3.8, 4) is 0 Å². The fraction of sp³-hybridized carbons (Fsp3) is 0.667.